The van der Waals surface area contributed by atoms with Gasteiger partial charge in [0.15, 0.2) is 0 Å². The maximum Gasteiger partial charge on any atom is 0.387 e. The number of aromatic amines is 1. The number of imidazole rings is 1. The van der Waals surface area contributed by atoms with Crippen LogP contribution >= 0.6 is 0 Å². The van der Waals surface area contributed by atoms with E-state index < -0.39 is 18.6 Å². The van der Waals surface area contributed by atoms with Crippen molar-refractivity contribution in [3.63, 3.8) is 0 Å². The summed E-state index contributed by atoms with van der Waals surface area (Å²) in [5, 5.41) is 3.09. The van der Waals surface area contributed by atoms with Crippen LogP contribution in [0.25, 0.3) is 11.3 Å². The number of carbonyl (C=O) groups excluding carboxylic acids is 2. The van der Waals surface area contributed by atoms with Crippen molar-refractivity contribution in [1.29, 1.82) is 0 Å². The zero-order valence-electron chi connectivity index (χ0n) is 20.3. The van der Waals surface area contributed by atoms with Gasteiger partial charge >= 0.3 is 6.61 Å². The number of carbonyl (C=O) groups is 2. The van der Waals surface area contributed by atoms with Gasteiger partial charge in [0, 0.05) is 29.7 Å². The second kappa shape index (κ2) is 12.0. The van der Waals surface area contributed by atoms with E-state index in [0.717, 1.165) is 31.2 Å². The molecule has 1 atom stereocenters. The van der Waals surface area contributed by atoms with E-state index in [9.17, 15) is 18.4 Å². The topological polar surface area (TPSA) is 136 Å². The zero-order valence-corrected chi connectivity index (χ0v) is 20.3. The van der Waals surface area contributed by atoms with Crippen LogP contribution in [0.3, 0.4) is 0 Å². The molecule has 1 aliphatic rings. The van der Waals surface area contributed by atoms with Crippen LogP contribution < -0.4 is 21.5 Å². The molecule has 0 bridgehead atoms. The van der Waals surface area contributed by atoms with Crippen molar-refractivity contribution >= 4 is 11.8 Å². The van der Waals surface area contributed by atoms with Crippen LogP contribution in [0.5, 0.6) is 5.75 Å². The molecule has 2 amide bonds. The van der Waals surface area contributed by atoms with Gasteiger partial charge in [0.2, 0.25) is 11.8 Å². The first-order valence-corrected chi connectivity index (χ1v) is 12.3. The number of primary amides is 1. The Hall–Kier alpha value is -3.79. The van der Waals surface area contributed by atoms with E-state index in [1.807, 2.05) is 0 Å². The van der Waals surface area contributed by atoms with E-state index in [-0.39, 0.29) is 24.0 Å². The molecule has 1 aromatic heterocycles. The average molecular weight is 512 g/mol. The molecule has 0 radical (unpaired) electrons. The molecule has 0 aliphatic heterocycles. The molecule has 10 heteroatoms. The fourth-order valence-corrected chi connectivity index (χ4v) is 4.74. The lowest BCUT2D eigenvalue weighted by Gasteiger charge is -2.28. The molecular weight excluding hydrogens is 480 g/mol. The summed E-state index contributed by atoms with van der Waals surface area (Å²) in [4.78, 5) is 32.4. The summed E-state index contributed by atoms with van der Waals surface area (Å²) in [5.41, 5.74) is 13.4. The fourth-order valence-electron chi connectivity index (χ4n) is 4.74. The van der Waals surface area contributed by atoms with Gasteiger partial charge in [-0.25, -0.2) is 4.98 Å². The van der Waals surface area contributed by atoms with Crippen molar-refractivity contribution in [2.75, 3.05) is 6.54 Å². The third kappa shape index (κ3) is 6.71. The Bertz CT molecular complexity index is 1210. The number of nitrogens with one attached hydrogen (secondary N) is 2. The van der Waals surface area contributed by atoms with Crippen LogP contribution in [0.2, 0.25) is 0 Å². The Morgan fingerprint density at radius 3 is 2.43 bits per heavy atom. The number of nitrogens with zero attached hydrogens (tertiary/aromatic N) is 1. The molecule has 6 N–H and O–H groups in total. The number of alkyl halides is 2. The number of H-pyrrole nitrogens is 1. The number of para-hydroxylation sites is 1. The van der Waals surface area contributed by atoms with Gasteiger partial charge in [-0.1, -0.05) is 30.3 Å². The first-order chi connectivity index (χ1) is 17.8. The minimum absolute atomic E-state index is 0.0500. The molecule has 8 nitrogen and oxygen atoms in total. The highest BCUT2D eigenvalue weighted by molar-refractivity contribution is 5.93. The Kier molecular flexibility index (Phi) is 8.50. The number of aromatic nitrogens is 2. The average Bonchev–Trinajstić information content (AvgIpc) is 3.39. The van der Waals surface area contributed by atoms with Crippen molar-refractivity contribution < 1.29 is 23.1 Å². The molecule has 1 aliphatic carbocycles. The lowest BCUT2D eigenvalue weighted by molar-refractivity contribution is -0.127. The van der Waals surface area contributed by atoms with E-state index in [2.05, 4.69) is 15.3 Å². The maximum absolute atomic E-state index is 13.2. The Balaban J connectivity index is 1.58. The Morgan fingerprint density at radius 1 is 1.08 bits per heavy atom. The van der Waals surface area contributed by atoms with Gasteiger partial charge in [-0.3, -0.25) is 9.59 Å². The highest BCUT2D eigenvalue weighted by Gasteiger charge is 2.29. The maximum atomic E-state index is 13.2. The highest BCUT2D eigenvalue weighted by atomic mass is 19.3. The van der Waals surface area contributed by atoms with E-state index >= 15 is 0 Å². The minimum atomic E-state index is -2.97. The zero-order chi connectivity index (χ0) is 26.4. The summed E-state index contributed by atoms with van der Waals surface area (Å²) in [5.74, 6) is 0.193. The van der Waals surface area contributed by atoms with Crippen LogP contribution in [-0.2, 0) is 11.2 Å². The van der Waals surface area contributed by atoms with Gasteiger partial charge in [-0.05, 0) is 61.9 Å². The summed E-state index contributed by atoms with van der Waals surface area (Å²) in [6.07, 6.45) is 5.19. The molecule has 1 heterocycles. The van der Waals surface area contributed by atoms with Crippen LogP contribution in [0.1, 0.15) is 53.5 Å². The molecule has 3 aromatic rings. The smallest absolute Gasteiger partial charge is 0.387 e. The number of nitrogens with two attached hydrogens (primary N) is 2. The number of hydrogen-bond donors (Lipinski definition) is 4. The minimum Gasteiger partial charge on any atom is -0.435 e. The molecule has 1 saturated carbocycles. The van der Waals surface area contributed by atoms with Crippen molar-refractivity contribution in [3.05, 3.63) is 71.7 Å². The Morgan fingerprint density at radius 2 is 1.78 bits per heavy atom. The third-order valence-corrected chi connectivity index (χ3v) is 6.87. The van der Waals surface area contributed by atoms with E-state index in [1.165, 1.54) is 6.07 Å². The van der Waals surface area contributed by atoms with Gasteiger partial charge in [-0.15, -0.1) is 0 Å². The Labute approximate surface area is 213 Å². The van der Waals surface area contributed by atoms with E-state index in [1.54, 1.807) is 48.7 Å². The lowest BCUT2D eigenvalue weighted by atomic mass is 9.81. The van der Waals surface area contributed by atoms with E-state index in [0.29, 0.717) is 35.1 Å². The van der Waals surface area contributed by atoms with Gasteiger partial charge in [-0.2, -0.15) is 8.78 Å². The predicted molar refractivity (Wildman–Crippen MR) is 135 cm³/mol. The second-order valence-electron chi connectivity index (χ2n) is 9.32. The predicted octanol–water partition coefficient (Wildman–Crippen LogP) is 3.94. The normalized spacial score (nSPS) is 18.4. The van der Waals surface area contributed by atoms with Crippen molar-refractivity contribution in [2.24, 2.45) is 23.3 Å². The molecular formula is C27H31F2N5O3. The molecule has 2 aromatic carbocycles. The van der Waals surface area contributed by atoms with Gasteiger partial charge in [0.25, 0.3) is 0 Å². The summed E-state index contributed by atoms with van der Waals surface area (Å²) in [6.45, 7) is -2.35. The highest BCUT2D eigenvalue weighted by Crippen LogP contribution is 2.31. The quantitative estimate of drug-likeness (QED) is 0.327. The van der Waals surface area contributed by atoms with Gasteiger partial charge in [0.1, 0.15) is 11.6 Å². The number of ether oxygens (including phenoxy) is 1. The monoisotopic (exact) mass is 511 g/mol. The molecule has 37 heavy (non-hydrogen) atoms. The molecule has 0 saturated heterocycles. The summed E-state index contributed by atoms with van der Waals surface area (Å²) < 4.78 is 30.7. The largest absolute Gasteiger partial charge is 0.435 e. The number of halogens is 2. The van der Waals surface area contributed by atoms with Crippen molar-refractivity contribution in [3.8, 4) is 17.0 Å². The van der Waals surface area contributed by atoms with Gasteiger partial charge in [0.05, 0.1) is 11.7 Å². The first-order valence-electron chi connectivity index (χ1n) is 12.3. The SMILES string of the molecule is NCC1CCC(C(=O)NC(Cc2ccccc2OC(F)F)c2nc(-c3ccc(C(N)=O)cc3)c[nH]2)CC1. The summed E-state index contributed by atoms with van der Waals surface area (Å²) in [6, 6.07) is 12.6. The second-order valence-corrected chi connectivity index (χ2v) is 9.32. The van der Waals surface area contributed by atoms with Gasteiger partial charge < -0.3 is 26.5 Å². The number of benzene rings is 2. The number of hydrogen-bond acceptors (Lipinski definition) is 5. The van der Waals surface area contributed by atoms with Crippen LogP contribution in [0.4, 0.5) is 8.78 Å². The molecule has 4 rings (SSSR count). The fraction of sp³-hybridized carbons (Fsp3) is 0.370. The lowest BCUT2D eigenvalue weighted by Crippen LogP contribution is -2.37. The standard InChI is InChI=1S/C27H31F2N5O3/c28-27(29)37-23-4-2-1-3-20(23)13-21(34-26(36)19-7-5-16(14-30)6-8-19)25-32-15-22(33-25)17-9-11-18(12-10-17)24(31)35/h1-4,9-12,15-16,19,21,27H,5-8,13-14,30H2,(H2,31,35)(H,32,33)(H,34,36). The van der Waals surface area contributed by atoms with Crippen molar-refractivity contribution in [1.82, 2.24) is 15.3 Å². The molecule has 1 fully saturated rings. The number of rotatable bonds is 10. The summed E-state index contributed by atoms with van der Waals surface area (Å²) in [7, 11) is 0. The van der Waals surface area contributed by atoms with Crippen LogP contribution in [0, 0.1) is 11.8 Å². The van der Waals surface area contributed by atoms with Crippen LogP contribution in [0.15, 0.2) is 54.7 Å². The number of amides is 2. The first kappa shape index (κ1) is 26.3. The van der Waals surface area contributed by atoms with Crippen molar-refractivity contribution in [2.45, 2.75) is 44.8 Å². The van der Waals surface area contributed by atoms with Crippen LogP contribution in [-0.4, -0.2) is 34.9 Å². The summed E-state index contributed by atoms with van der Waals surface area (Å²) >= 11 is 0. The molecule has 0 spiro atoms. The van der Waals surface area contributed by atoms with E-state index in [4.69, 9.17) is 16.2 Å². The third-order valence-electron chi connectivity index (χ3n) is 6.87. The molecule has 196 valence electrons. The molecule has 1 unspecified atom stereocenters.